The summed E-state index contributed by atoms with van der Waals surface area (Å²) in [5.41, 5.74) is 11.9. The van der Waals surface area contributed by atoms with Crippen LogP contribution in [0.5, 0.6) is 5.88 Å². The van der Waals surface area contributed by atoms with E-state index in [4.69, 9.17) is 21.3 Å². The highest BCUT2D eigenvalue weighted by atomic mass is 19.4. The highest BCUT2D eigenvalue weighted by Crippen LogP contribution is 2.36. The number of hydrogen-bond donors (Lipinski definition) is 3. The summed E-state index contributed by atoms with van der Waals surface area (Å²) in [6.07, 6.45) is -7.25. The molecule has 0 aliphatic carbocycles. The molecule has 0 saturated carbocycles. The van der Waals surface area contributed by atoms with Crippen molar-refractivity contribution in [1.29, 1.82) is 0 Å². The molecule has 0 bridgehead atoms. The van der Waals surface area contributed by atoms with Gasteiger partial charge >= 0.3 is 12.1 Å². The first kappa shape index (κ1) is 22.8. The number of benzene rings is 1. The zero-order valence-corrected chi connectivity index (χ0v) is 16.2. The van der Waals surface area contributed by atoms with Crippen LogP contribution in [-0.2, 0) is 11.2 Å². The predicted octanol–water partition coefficient (Wildman–Crippen LogP) is 3.10. The van der Waals surface area contributed by atoms with E-state index in [1.54, 1.807) is 24.3 Å². The summed E-state index contributed by atoms with van der Waals surface area (Å²) in [5.74, 6) is -2.79. The normalized spacial score (nSPS) is 13.2. The van der Waals surface area contributed by atoms with E-state index >= 15 is 0 Å². The Morgan fingerprint density at radius 2 is 1.81 bits per heavy atom. The van der Waals surface area contributed by atoms with Crippen molar-refractivity contribution >= 4 is 11.9 Å². The number of nitrogen functional groups attached to an aromatic ring is 1. The maximum atomic E-state index is 13.5. The van der Waals surface area contributed by atoms with Crippen molar-refractivity contribution in [2.24, 2.45) is 5.73 Å². The Balaban J connectivity index is 1.87. The first-order chi connectivity index (χ1) is 15.0. The summed E-state index contributed by atoms with van der Waals surface area (Å²) in [7, 11) is 0. The van der Waals surface area contributed by atoms with E-state index < -0.39 is 41.6 Å². The fourth-order valence-corrected chi connectivity index (χ4v) is 2.76. The van der Waals surface area contributed by atoms with E-state index in [1.165, 1.54) is 6.07 Å². The van der Waals surface area contributed by atoms with Gasteiger partial charge in [-0.2, -0.15) is 22.5 Å². The molecular formula is C21H16F4N4O3. The number of aromatic nitrogens is 2. The van der Waals surface area contributed by atoms with E-state index in [-0.39, 0.29) is 18.1 Å². The Hall–Kier alpha value is -3.91. The standard InChI is InChI=1S/C21H16F4N4O3/c22-14-7-5-13(6-8-14)18(21(23,24)25)32-17-10-16(28-20(27)29-17)12-3-1-11(2-4-12)9-15(26)19(30)31/h1-5,7,10,15,18H,9,26H2,(H,30,31)(H2,27,28,29)/t15-,18?/m0/s1. The van der Waals surface area contributed by atoms with Crippen LogP contribution in [0, 0.1) is 17.9 Å². The van der Waals surface area contributed by atoms with Crippen molar-refractivity contribution in [3.8, 4) is 17.1 Å². The van der Waals surface area contributed by atoms with E-state index in [0.29, 0.717) is 11.1 Å². The molecule has 0 fully saturated rings. The Bertz CT molecular complexity index is 1090. The van der Waals surface area contributed by atoms with Crippen molar-refractivity contribution in [1.82, 2.24) is 9.97 Å². The second-order valence-corrected chi connectivity index (χ2v) is 6.72. The van der Waals surface area contributed by atoms with Crippen LogP contribution in [-0.4, -0.2) is 33.3 Å². The number of carbonyl (C=O) groups is 1. The fraction of sp³-hybridized carbons (Fsp3) is 0.190. The largest absolute Gasteiger partial charge is 0.480 e. The van der Waals surface area contributed by atoms with Gasteiger partial charge in [0, 0.05) is 11.6 Å². The van der Waals surface area contributed by atoms with Crippen LogP contribution in [0.4, 0.5) is 23.5 Å². The van der Waals surface area contributed by atoms with Crippen LogP contribution in [0.2, 0.25) is 0 Å². The number of nitrogens with zero attached hydrogens (tertiary/aromatic N) is 2. The lowest BCUT2D eigenvalue weighted by Gasteiger charge is -2.20. The lowest BCUT2D eigenvalue weighted by Crippen LogP contribution is -2.32. The Morgan fingerprint density at radius 1 is 1.12 bits per heavy atom. The Morgan fingerprint density at radius 3 is 2.38 bits per heavy atom. The van der Waals surface area contributed by atoms with Gasteiger partial charge < -0.3 is 21.3 Å². The quantitative estimate of drug-likeness (QED) is 0.475. The average Bonchev–Trinajstić information content (AvgIpc) is 2.72. The molecule has 1 aromatic heterocycles. The molecule has 0 radical (unpaired) electrons. The third-order valence-electron chi connectivity index (χ3n) is 4.30. The SMILES string of the molecule is Nc1nc(OC(c2c#cc(F)cc2)C(F)(F)F)cc(-c2ccc(C[C@H](N)C(=O)O)cc2)n1. The van der Waals surface area contributed by atoms with Crippen molar-refractivity contribution in [2.75, 3.05) is 5.73 Å². The van der Waals surface area contributed by atoms with Gasteiger partial charge in [-0.3, -0.25) is 4.79 Å². The number of nitrogens with two attached hydrogens (primary N) is 2. The topological polar surface area (TPSA) is 124 Å². The molecule has 0 aliphatic rings. The highest BCUT2D eigenvalue weighted by molar-refractivity contribution is 5.73. The molecular weight excluding hydrogens is 432 g/mol. The summed E-state index contributed by atoms with van der Waals surface area (Å²) < 4.78 is 58.7. The van der Waals surface area contributed by atoms with Gasteiger partial charge in [-0.1, -0.05) is 30.3 Å². The van der Waals surface area contributed by atoms with Gasteiger partial charge in [0.15, 0.2) is 5.82 Å². The van der Waals surface area contributed by atoms with Gasteiger partial charge in [0.25, 0.3) is 0 Å². The van der Waals surface area contributed by atoms with Crippen molar-refractivity contribution in [3.63, 3.8) is 0 Å². The van der Waals surface area contributed by atoms with Crippen molar-refractivity contribution in [3.05, 3.63) is 71.5 Å². The summed E-state index contributed by atoms with van der Waals surface area (Å²) in [5, 5.41) is 8.89. The Labute approximate surface area is 179 Å². The molecule has 2 aromatic carbocycles. The van der Waals surface area contributed by atoms with Crippen molar-refractivity contribution in [2.45, 2.75) is 24.7 Å². The number of rotatable bonds is 7. The zero-order chi connectivity index (χ0) is 23.5. The van der Waals surface area contributed by atoms with Crippen LogP contribution in [0.15, 0.2) is 42.5 Å². The summed E-state index contributed by atoms with van der Waals surface area (Å²) >= 11 is 0. The smallest absolute Gasteiger partial charge is 0.430 e. The molecule has 11 heteroatoms. The minimum atomic E-state index is -4.85. The highest BCUT2D eigenvalue weighted by Gasteiger charge is 2.44. The fourth-order valence-electron chi connectivity index (χ4n) is 2.76. The van der Waals surface area contributed by atoms with Crippen LogP contribution < -0.4 is 16.2 Å². The second-order valence-electron chi connectivity index (χ2n) is 6.72. The van der Waals surface area contributed by atoms with Crippen LogP contribution in [0.3, 0.4) is 0 Å². The molecule has 1 unspecified atom stereocenters. The minimum absolute atomic E-state index is 0.0916. The van der Waals surface area contributed by atoms with Crippen LogP contribution >= 0.6 is 0 Å². The number of hydrogen-bond acceptors (Lipinski definition) is 6. The summed E-state index contributed by atoms with van der Waals surface area (Å²) in [6, 6.07) is 12.2. The number of anilines is 1. The van der Waals surface area contributed by atoms with E-state index in [2.05, 4.69) is 16.0 Å². The van der Waals surface area contributed by atoms with Crippen LogP contribution in [0.25, 0.3) is 11.3 Å². The third kappa shape index (κ3) is 5.61. The molecule has 2 atom stereocenters. The molecule has 7 nitrogen and oxygen atoms in total. The molecule has 0 spiro atoms. The zero-order valence-electron chi connectivity index (χ0n) is 16.2. The number of halogens is 4. The number of carboxylic acids is 1. The maximum absolute atomic E-state index is 13.5. The first-order valence-electron chi connectivity index (χ1n) is 9.08. The molecule has 0 amide bonds. The number of carboxylic acid groups (broad SMARTS) is 1. The lowest BCUT2D eigenvalue weighted by molar-refractivity contribution is -0.198. The molecule has 166 valence electrons. The van der Waals surface area contributed by atoms with Gasteiger partial charge in [-0.05, 0) is 30.2 Å². The summed E-state index contributed by atoms with van der Waals surface area (Å²) in [6.45, 7) is 0. The molecule has 0 saturated heterocycles. The van der Waals surface area contributed by atoms with E-state index in [0.717, 1.165) is 12.1 Å². The molecule has 3 aromatic rings. The van der Waals surface area contributed by atoms with Gasteiger partial charge in [-0.25, -0.2) is 4.98 Å². The van der Waals surface area contributed by atoms with Gasteiger partial charge in [0.2, 0.25) is 17.9 Å². The maximum Gasteiger partial charge on any atom is 0.430 e. The summed E-state index contributed by atoms with van der Waals surface area (Å²) in [4.78, 5) is 18.6. The lowest BCUT2D eigenvalue weighted by atomic mass is 10.0. The molecule has 32 heavy (non-hydrogen) atoms. The van der Waals surface area contributed by atoms with E-state index in [1.807, 2.05) is 6.07 Å². The monoisotopic (exact) mass is 448 g/mol. The number of alkyl halides is 3. The molecule has 0 aliphatic heterocycles. The van der Waals surface area contributed by atoms with Gasteiger partial charge in [0.05, 0.1) is 11.3 Å². The first-order valence-corrected chi connectivity index (χ1v) is 9.08. The average molecular weight is 448 g/mol. The van der Waals surface area contributed by atoms with Crippen LogP contribution in [0.1, 0.15) is 17.2 Å². The number of aliphatic carboxylic acids is 1. The van der Waals surface area contributed by atoms with Gasteiger partial charge in [0.1, 0.15) is 6.04 Å². The molecule has 5 N–H and O–H groups in total. The third-order valence-corrected chi connectivity index (χ3v) is 4.30. The Kier molecular flexibility index (Phi) is 6.45. The number of ether oxygens (including phenoxy) is 1. The molecule has 3 rings (SSSR count). The minimum Gasteiger partial charge on any atom is -0.480 e. The predicted molar refractivity (Wildman–Crippen MR) is 105 cm³/mol. The molecule has 1 heterocycles. The van der Waals surface area contributed by atoms with Crippen molar-refractivity contribution < 1.29 is 32.2 Å². The van der Waals surface area contributed by atoms with E-state index in [9.17, 15) is 22.4 Å². The second kappa shape index (κ2) is 9.07. The van der Waals surface area contributed by atoms with Gasteiger partial charge in [-0.15, -0.1) is 0 Å².